The maximum atomic E-state index is 10.7. The molecule has 0 radical (unpaired) electrons. The lowest BCUT2D eigenvalue weighted by molar-refractivity contribution is -0.398. The van der Waals surface area contributed by atoms with Crippen LogP contribution in [0.15, 0.2) is 24.5 Å². The van der Waals surface area contributed by atoms with Crippen molar-refractivity contribution in [3.63, 3.8) is 0 Å². The van der Waals surface area contributed by atoms with Crippen molar-refractivity contribution in [1.82, 2.24) is 9.55 Å². The normalized spacial score (nSPS) is 28.2. The second-order valence-corrected chi connectivity index (χ2v) is 3.51. The molecule has 0 saturated carbocycles. The van der Waals surface area contributed by atoms with Gasteiger partial charge in [0.15, 0.2) is 0 Å². The van der Waals surface area contributed by atoms with Crippen LogP contribution >= 0.6 is 0 Å². The summed E-state index contributed by atoms with van der Waals surface area (Å²) in [5, 5.41) is 29.1. The number of aromatic nitrogens is 2. The molecule has 1 aliphatic rings. The Hall–Kier alpha value is -1.77. The van der Waals surface area contributed by atoms with E-state index >= 15 is 0 Å². The maximum absolute atomic E-state index is 10.7. The van der Waals surface area contributed by atoms with Gasteiger partial charge in [-0.1, -0.05) is 11.1 Å². The fraction of sp³-hybridized carbons (Fsp3) is 0.444. The summed E-state index contributed by atoms with van der Waals surface area (Å²) in [6, 6.07) is 0. The van der Waals surface area contributed by atoms with Gasteiger partial charge in [-0.3, -0.25) is 0 Å². The summed E-state index contributed by atoms with van der Waals surface area (Å²) < 4.78 is 6.53. The number of ether oxygens (including phenoxy) is 1. The number of hydrogen-bond acceptors (Lipinski definition) is 6. The van der Waals surface area contributed by atoms with Crippen LogP contribution in [0.3, 0.4) is 0 Å². The summed E-state index contributed by atoms with van der Waals surface area (Å²) in [6.45, 7) is -0.371. The third-order valence-electron chi connectivity index (χ3n) is 2.43. The van der Waals surface area contributed by atoms with E-state index in [1.54, 1.807) is 0 Å². The lowest BCUT2D eigenvalue weighted by atomic mass is 10.1. The van der Waals surface area contributed by atoms with Crippen LogP contribution in [0, 0.1) is 10.1 Å². The van der Waals surface area contributed by atoms with Crippen LogP contribution in [0.25, 0.3) is 0 Å². The van der Waals surface area contributed by atoms with Crippen LogP contribution in [0.2, 0.25) is 0 Å². The maximum Gasteiger partial charge on any atom is 0.436 e. The first-order valence-corrected chi connectivity index (χ1v) is 4.93. The molecule has 0 fully saturated rings. The van der Waals surface area contributed by atoms with Gasteiger partial charge in [-0.25, -0.2) is 0 Å². The van der Waals surface area contributed by atoms with Gasteiger partial charge >= 0.3 is 5.95 Å². The van der Waals surface area contributed by atoms with Gasteiger partial charge in [0.05, 0.1) is 6.61 Å². The van der Waals surface area contributed by atoms with Crippen molar-refractivity contribution in [2.24, 2.45) is 0 Å². The Balaban J connectivity index is 2.26. The van der Waals surface area contributed by atoms with Crippen LogP contribution < -0.4 is 0 Å². The number of nitro groups is 1. The Morgan fingerprint density at radius 2 is 2.35 bits per heavy atom. The number of hydrogen-bond donors (Lipinski definition) is 2. The van der Waals surface area contributed by atoms with Gasteiger partial charge in [-0.15, -0.1) is 0 Å². The minimum atomic E-state index is -0.918. The minimum Gasteiger partial charge on any atom is -0.394 e. The standard InChI is InChI=1S/C9H11N3O5/c13-5-7-6(14)1-2-8(17-7)11-4-3-10-9(11)12(15)16/h1-4,6-8,13-14H,5H2. The summed E-state index contributed by atoms with van der Waals surface area (Å²) in [5.41, 5.74) is 0. The SMILES string of the molecule is O=[N+]([O-])c1nccn1C1C=CC(O)C(CO)O1. The van der Waals surface area contributed by atoms with Crippen molar-refractivity contribution in [2.45, 2.75) is 18.4 Å². The zero-order valence-corrected chi connectivity index (χ0v) is 8.71. The third-order valence-corrected chi connectivity index (χ3v) is 2.43. The van der Waals surface area contributed by atoms with Gasteiger partial charge < -0.3 is 25.1 Å². The molecule has 92 valence electrons. The highest BCUT2D eigenvalue weighted by Gasteiger charge is 2.30. The quantitative estimate of drug-likeness (QED) is 0.423. The Morgan fingerprint density at radius 3 is 3.00 bits per heavy atom. The van der Waals surface area contributed by atoms with Crippen LogP contribution in [0.5, 0.6) is 0 Å². The molecule has 2 rings (SSSR count). The van der Waals surface area contributed by atoms with Gasteiger partial charge in [0, 0.05) is 0 Å². The second-order valence-electron chi connectivity index (χ2n) is 3.51. The topological polar surface area (TPSA) is 111 Å². The highest BCUT2D eigenvalue weighted by Crippen LogP contribution is 2.24. The van der Waals surface area contributed by atoms with E-state index in [0.29, 0.717) is 0 Å². The zero-order valence-electron chi connectivity index (χ0n) is 8.71. The molecule has 8 nitrogen and oxygen atoms in total. The highest BCUT2D eigenvalue weighted by atomic mass is 16.6. The number of aliphatic hydroxyl groups is 2. The van der Waals surface area contributed by atoms with Crippen LogP contribution in [0.4, 0.5) is 5.95 Å². The molecule has 0 aromatic carbocycles. The zero-order chi connectivity index (χ0) is 12.4. The Morgan fingerprint density at radius 1 is 1.59 bits per heavy atom. The highest BCUT2D eigenvalue weighted by molar-refractivity contribution is 5.12. The molecule has 0 spiro atoms. The van der Waals surface area contributed by atoms with E-state index < -0.39 is 23.4 Å². The Kier molecular flexibility index (Phi) is 3.18. The first-order chi connectivity index (χ1) is 8.13. The molecule has 1 aromatic heterocycles. The molecular weight excluding hydrogens is 230 g/mol. The average molecular weight is 241 g/mol. The van der Waals surface area contributed by atoms with E-state index in [0.717, 1.165) is 0 Å². The molecule has 2 heterocycles. The van der Waals surface area contributed by atoms with Gasteiger partial charge in [0.2, 0.25) is 6.23 Å². The number of imidazole rings is 1. The Bertz CT molecular complexity index is 444. The molecule has 3 unspecified atom stereocenters. The summed E-state index contributed by atoms with van der Waals surface area (Å²) in [7, 11) is 0. The summed E-state index contributed by atoms with van der Waals surface area (Å²) in [4.78, 5) is 13.6. The van der Waals surface area contributed by atoms with Crippen LogP contribution in [0.1, 0.15) is 6.23 Å². The fourth-order valence-corrected chi connectivity index (χ4v) is 1.59. The van der Waals surface area contributed by atoms with E-state index in [-0.39, 0.29) is 12.6 Å². The minimum absolute atomic E-state index is 0.354. The molecule has 8 heteroatoms. The number of nitrogens with zero attached hydrogens (tertiary/aromatic N) is 3. The molecule has 2 N–H and O–H groups in total. The predicted octanol–water partition coefficient (Wildman–Crippen LogP) is -0.402. The third kappa shape index (κ3) is 2.18. The molecule has 1 aliphatic heterocycles. The molecule has 0 bridgehead atoms. The second kappa shape index (κ2) is 4.62. The van der Waals surface area contributed by atoms with E-state index in [4.69, 9.17) is 9.84 Å². The van der Waals surface area contributed by atoms with Crippen molar-refractivity contribution in [3.05, 3.63) is 34.7 Å². The molecule has 0 aliphatic carbocycles. The molecular formula is C9H11N3O5. The monoisotopic (exact) mass is 241 g/mol. The van der Waals surface area contributed by atoms with E-state index in [2.05, 4.69) is 4.98 Å². The van der Waals surface area contributed by atoms with Crippen molar-refractivity contribution < 1.29 is 19.9 Å². The molecule has 0 saturated heterocycles. The Labute approximate surface area is 95.9 Å². The van der Waals surface area contributed by atoms with Gasteiger partial charge in [0.25, 0.3) is 0 Å². The van der Waals surface area contributed by atoms with E-state index in [9.17, 15) is 15.2 Å². The fourth-order valence-electron chi connectivity index (χ4n) is 1.59. The molecule has 1 aromatic rings. The first-order valence-electron chi connectivity index (χ1n) is 4.93. The molecule has 3 atom stereocenters. The van der Waals surface area contributed by atoms with Gasteiger partial charge in [-0.05, 0) is 11.0 Å². The number of aliphatic hydroxyl groups excluding tert-OH is 2. The lowest BCUT2D eigenvalue weighted by Crippen LogP contribution is -2.36. The van der Waals surface area contributed by atoms with Crippen molar-refractivity contribution in [1.29, 1.82) is 0 Å². The number of rotatable bonds is 3. The lowest BCUT2D eigenvalue weighted by Gasteiger charge is -2.27. The smallest absolute Gasteiger partial charge is 0.394 e. The first kappa shape index (κ1) is 11.7. The van der Waals surface area contributed by atoms with Gasteiger partial charge in [0.1, 0.15) is 24.6 Å². The van der Waals surface area contributed by atoms with Crippen LogP contribution in [-0.4, -0.2) is 43.5 Å². The van der Waals surface area contributed by atoms with E-state index in [1.165, 1.54) is 29.1 Å². The summed E-state index contributed by atoms with van der Waals surface area (Å²) in [6.07, 6.45) is 3.13. The summed E-state index contributed by atoms with van der Waals surface area (Å²) in [5.74, 6) is -0.354. The predicted molar refractivity (Wildman–Crippen MR) is 55.0 cm³/mol. The van der Waals surface area contributed by atoms with Crippen molar-refractivity contribution in [3.8, 4) is 0 Å². The van der Waals surface area contributed by atoms with Crippen molar-refractivity contribution >= 4 is 5.95 Å². The van der Waals surface area contributed by atoms with Crippen molar-refractivity contribution in [2.75, 3.05) is 6.61 Å². The molecule has 0 amide bonds. The summed E-state index contributed by atoms with van der Waals surface area (Å²) >= 11 is 0. The van der Waals surface area contributed by atoms with E-state index in [1.807, 2.05) is 0 Å². The largest absolute Gasteiger partial charge is 0.436 e. The van der Waals surface area contributed by atoms with Crippen LogP contribution in [-0.2, 0) is 4.74 Å². The average Bonchev–Trinajstić information content (AvgIpc) is 2.78. The molecule has 17 heavy (non-hydrogen) atoms. The van der Waals surface area contributed by atoms with Gasteiger partial charge in [-0.2, -0.15) is 4.57 Å².